The molecule has 3 fully saturated rings. The first-order valence-corrected chi connectivity index (χ1v) is 10.2. The highest BCUT2D eigenvalue weighted by Gasteiger charge is 2.48. The highest BCUT2D eigenvalue weighted by Crippen LogP contribution is 2.39. The molecule has 0 saturated carbocycles. The van der Waals surface area contributed by atoms with E-state index in [2.05, 4.69) is 5.32 Å². The molecule has 136 valence electrons. The van der Waals surface area contributed by atoms with E-state index in [1.54, 1.807) is 11.8 Å². The number of amides is 2. The predicted molar refractivity (Wildman–Crippen MR) is 96.6 cm³/mol. The molecule has 3 saturated heterocycles. The van der Waals surface area contributed by atoms with E-state index >= 15 is 0 Å². The Morgan fingerprint density at radius 3 is 2.54 bits per heavy atom. The van der Waals surface area contributed by atoms with E-state index in [4.69, 9.17) is 5.73 Å². The van der Waals surface area contributed by atoms with E-state index in [0.29, 0.717) is 6.54 Å². The number of likely N-dealkylation sites (tertiary alicyclic amines) is 2. The van der Waals surface area contributed by atoms with Gasteiger partial charge in [-0.2, -0.15) is 0 Å². The van der Waals surface area contributed by atoms with E-state index in [1.807, 2.05) is 23.6 Å². The second kappa shape index (κ2) is 7.22. The summed E-state index contributed by atoms with van der Waals surface area (Å²) in [6, 6.07) is -0.542. The lowest BCUT2D eigenvalue weighted by Gasteiger charge is -2.30. The minimum absolute atomic E-state index is 0.0371. The van der Waals surface area contributed by atoms with E-state index in [0.717, 1.165) is 44.6 Å². The number of carbonyl (C=O) groups excluding carboxylic acids is 2. The van der Waals surface area contributed by atoms with Crippen LogP contribution in [0.15, 0.2) is 0 Å². The number of hydrogen-bond donors (Lipinski definition) is 2. The maximum atomic E-state index is 12.7. The molecule has 3 N–H and O–H groups in total. The molecule has 1 unspecified atom stereocenters. The molecule has 1 spiro atoms. The molecule has 0 aromatic carbocycles. The molecule has 0 aliphatic carbocycles. The molecular formula is C17H30N4O2S. The van der Waals surface area contributed by atoms with E-state index in [9.17, 15) is 9.59 Å². The van der Waals surface area contributed by atoms with E-state index < -0.39 is 6.04 Å². The SMILES string of the molecule is CC(C)[C@H](N)C(=O)N1CCC2(C1)N[C@H](C(=O)N1CCCCC1)CS2. The summed E-state index contributed by atoms with van der Waals surface area (Å²) >= 11 is 1.80. The van der Waals surface area contributed by atoms with Crippen LogP contribution in [0.5, 0.6) is 0 Å². The highest BCUT2D eigenvalue weighted by molar-refractivity contribution is 8.01. The zero-order chi connectivity index (χ0) is 17.3. The Hall–Kier alpha value is -0.790. The summed E-state index contributed by atoms with van der Waals surface area (Å²) in [7, 11) is 0. The van der Waals surface area contributed by atoms with Gasteiger partial charge in [-0.05, 0) is 31.6 Å². The fourth-order valence-electron chi connectivity index (χ4n) is 3.81. The largest absolute Gasteiger partial charge is 0.341 e. The molecule has 2 amide bonds. The van der Waals surface area contributed by atoms with Crippen LogP contribution in [0.1, 0.15) is 39.5 Å². The first kappa shape index (κ1) is 18.0. The van der Waals surface area contributed by atoms with Crippen molar-refractivity contribution in [1.29, 1.82) is 0 Å². The number of nitrogens with one attached hydrogen (secondary N) is 1. The number of rotatable bonds is 3. The summed E-state index contributed by atoms with van der Waals surface area (Å²) in [5, 5.41) is 3.55. The summed E-state index contributed by atoms with van der Waals surface area (Å²) in [4.78, 5) is 28.9. The molecule has 3 atom stereocenters. The van der Waals surface area contributed by atoms with Gasteiger partial charge in [0.2, 0.25) is 11.8 Å². The van der Waals surface area contributed by atoms with E-state index in [-0.39, 0.29) is 28.6 Å². The number of piperidine rings is 1. The summed E-state index contributed by atoms with van der Waals surface area (Å²) in [6.07, 6.45) is 4.35. The lowest BCUT2D eigenvalue weighted by molar-refractivity contribution is -0.133. The minimum atomic E-state index is -0.433. The Bertz CT molecular complexity index is 495. The van der Waals surface area contributed by atoms with Crippen molar-refractivity contribution in [3.8, 4) is 0 Å². The molecule has 0 radical (unpaired) electrons. The van der Waals surface area contributed by atoms with Crippen LogP contribution in [-0.2, 0) is 9.59 Å². The number of nitrogens with zero attached hydrogens (tertiary/aromatic N) is 2. The first-order valence-electron chi connectivity index (χ1n) is 9.17. The van der Waals surface area contributed by atoms with Crippen LogP contribution in [0.4, 0.5) is 0 Å². The third-order valence-electron chi connectivity index (χ3n) is 5.48. The smallest absolute Gasteiger partial charge is 0.240 e. The monoisotopic (exact) mass is 354 g/mol. The zero-order valence-electron chi connectivity index (χ0n) is 14.8. The molecule has 3 rings (SSSR count). The van der Waals surface area contributed by atoms with Gasteiger partial charge in [0.1, 0.15) is 0 Å². The Labute approximate surface area is 148 Å². The molecular weight excluding hydrogens is 324 g/mol. The van der Waals surface area contributed by atoms with Crippen molar-refractivity contribution in [2.45, 2.75) is 56.5 Å². The van der Waals surface area contributed by atoms with Crippen LogP contribution in [-0.4, -0.2) is 70.5 Å². The summed E-state index contributed by atoms with van der Waals surface area (Å²) < 4.78 is 0. The van der Waals surface area contributed by atoms with Crippen LogP contribution < -0.4 is 11.1 Å². The molecule has 7 heteroatoms. The molecule has 0 aromatic heterocycles. The number of hydrogen-bond acceptors (Lipinski definition) is 5. The van der Waals surface area contributed by atoms with Crippen LogP contribution in [0, 0.1) is 5.92 Å². The lowest BCUT2D eigenvalue weighted by Crippen LogP contribution is -2.53. The van der Waals surface area contributed by atoms with Crippen molar-refractivity contribution in [1.82, 2.24) is 15.1 Å². The number of thioether (sulfide) groups is 1. The van der Waals surface area contributed by atoms with Crippen LogP contribution >= 0.6 is 11.8 Å². The van der Waals surface area contributed by atoms with Gasteiger partial charge in [-0.3, -0.25) is 14.9 Å². The average Bonchev–Trinajstić information content (AvgIpc) is 3.21. The summed E-state index contributed by atoms with van der Waals surface area (Å²) in [5.74, 6) is 1.22. The van der Waals surface area contributed by atoms with Gasteiger partial charge < -0.3 is 15.5 Å². The highest BCUT2D eigenvalue weighted by atomic mass is 32.2. The summed E-state index contributed by atoms with van der Waals surface area (Å²) in [6.45, 7) is 7.12. The van der Waals surface area contributed by atoms with Gasteiger partial charge >= 0.3 is 0 Å². The third kappa shape index (κ3) is 3.58. The molecule has 0 bridgehead atoms. The topological polar surface area (TPSA) is 78.7 Å². The Balaban J connectivity index is 1.57. The molecule has 6 nitrogen and oxygen atoms in total. The van der Waals surface area contributed by atoms with Crippen molar-refractivity contribution in [2.75, 3.05) is 31.9 Å². The number of nitrogens with two attached hydrogens (primary N) is 1. The zero-order valence-corrected chi connectivity index (χ0v) is 15.6. The van der Waals surface area contributed by atoms with Crippen molar-refractivity contribution < 1.29 is 9.59 Å². The van der Waals surface area contributed by atoms with Crippen molar-refractivity contribution in [3.63, 3.8) is 0 Å². The molecule has 0 aromatic rings. The van der Waals surface area contributed by atoms with Crippen molar-refractivity contribution >= 4 is 23.6 Å². The normalized spacial score (nSPS) is 31.9. The van der Waals surface area contributed by atoms with Gasteiger partial charge in [0, 0.05) is 31.9 Å². The van der Waals surface area contributed by atoms with Crippen LogP contribution in [0.2, 0.25) is 0 Å². The standard InChI is InChI=1S/C17H30N4O2S/c1-12(2)14(18)16(23)21-9-6-17(11-21)19-13(10-24-17)15(22)20-7-4-3-5-8-20/h12-14,19H,3-11,18H2,1-2H3/t13-,14-,17?/m0/s1. The fraction of sp³-hybridized carbons (Fsp3) is 0.882. The third-order valence-corrected chi connectivity index (χ3v) is 6.98. The Morgan fingerprint density at radius 1 is 1.17 bits per heavy atom. The molecule has 3 aliphatic heterocycles. The summed E-state index contributed by atoms with van der Waals surface area (Å²) in [5.41, 5.74) is 6.02. The second-order valence-electron chi connectivity index (χ2n) is 7.67. The first-order chi connectivity index (χ1) is 11.4. The lowest BCUT2D eigenvalue weighted by atomic mass is 10.0. The van der Waals surface area contributed by atoms with Crippen molar-refractivity contribution in [3.05, 3.63) is 0 Å². The maximum absolute atomic E-state index is 12.7. The Morgan fingerprint density at radius 2 is 1.88 bits per heavy atom. The fourth-order valence-corrected chi connectivity index (χ4v) is 5.23. The molecule has 3 aliphatic rings. The van der Waals surface area contributed by atoms with Gasteiger partial charge in [-0.15, -0.1) is 11.8 Å². The van der Waals surface area contributed by atoms with Crippen LogP contribution in [0.3, 0.4) is 0 Å². The molecule has 3 heterocycles. The predicted octanol–water partition coefficient (Wildman–Crippen LogP) is 0.616. The van der Waals surface area contributed by atoms with Gasteiger partial charge in [0.15, 0.2) is 0 Å². The quantitative estimate of drug-likeness (QED) is 0.777. The average molecular weight is 355 g/mol. The maximum Gasteiger partial charge on any atom is 0.240 e. The van der Waals surface area contributed by atoms with Gasteiger partial charge in [0.25, 0.3) is 0 Å². The van der Waals surface area contributed by atoms with Crippen LogP contribution in [0.25, 0.3) is 0 Å². The minimum Gasteiger partial charge on any atom is -0.341 e. The Kier molecular flexibility index (Phi) is 5.42. The van der Waals surface area contributed by atoms with Gasteiger partial charge in [0.05, 0.1) is 17.0 Å². The molecule has 24 heavy (non-hydrogen) atoms. The van der Waals surface area contributed by atoms with E-state index in [1.165, 1.54) is 6.42 Å². The second-order valence-corrected chi connectivity index (χ2v) is 9.07. The van der Waals surface area contributed by atoms with Gasteiger partial charge in [-0.1, -0.05) is 13.8 Å². The number of carbonyl (C=O) groups is 2. The van der Waals surface area contributed by atoms with Crippen molar-refractivity contribution in [2.24, 2.45) is 11.7 Å². The van der Waals surface area contributed by atoms with Gasteiger partial charge in [-0.25, -0.2) is 0 Å².